The zero-order chi connectivity index (χ0) is 13.7. The van der Waals surface area contributed by atoms with Crippen molar-refractivity contribution in [2.75, 3.05) is 42.2 Å². The molecular formula is C13H24N6. The van der Waals surface area contributed by atoms with E-state index in [9.17, 15) is 0 Å². The molecule has 0 bridgehead atoms. The number of unbranched alkanes of at least 4 members (excludes halogenated alkanes) is 2. The monoisotopic (exact) mass is 264 g/mol. The van der Waals surface area contributed by atoms with Crippen LogP contribution in [-0.4, -0.2) is 41.6 Å². The summed E-state index contributed by atoms with van der Waals surface area (Å²) in [6.45, 7) is 5.19. The van der Waals surface area contributed by atoms with Crippen molar-refractivity contribution in [3.05, 3.63) is 0 Å². The van der Waals surface area contributed by atoms with Gasteiger partial charge in [0.2, 0.25) is 17.8 Å². The van der Waals surface area contributed by atoms with Crippen molar-refractivity contribution in [2.45, 2.75) is 39.0 Å². The zero-order valence-electron chi connectivity index (χ0n) is 12.0. The second kappa shape index (κ2) is 6.54. The summed E-state index contributed by atoms with van der Waals surface area (Å²) in [6, 6.07) is 0. The van der Waals surface area contributed by atoms with Crippen molar-refractivity contribution in [3.8, 4) is 0 Å². The molecule has 19 heavy (non-hydrogen) atoms. The number of hydrogen-bond donors (Lipinski definition) is 1. The van der Waals surface area contributed by atoms with Gasteiger partial charge in [0, 0.05) is 26.7 Å². The molecular weight excluding hydrogens is 240 g/mol. The maximum Gasteiger partial charge on any atom is 0.231 e. The van der Waals surface area contributed by atoms with Gasteiger partial charge in [0.1, 0.15) is 0 Å². The first-order valence-corrected chi connectivity index (χ1v) is 7.18. The molecule has 106 valence electrons. The lowest BCUT2D eigenvalue weighted by Crippen LogP contribution is -2.26. The highest BCUT2D eigenvalue weighted by molar-refractivity contribution is 5.43. The number of aromatic nitrogens is 3. The van der Waals surface area contributed by atoms with Gasteiger partial charge in [-0.1, -0.05) is 19.8 Å². The summed E-state index contributed by atoms with van der Waals surface area (Å²) in [6.07, 6.45) is 5.99. The molecule has 6 heteroatoms. The zero-order valence-corrected chi connectivity index (χ0v) is 12.0. The molecule has 0 radical (unpaired) electrons. The Bertz CT molecular complexity index is 402. The van der Waals surface area contributed by atoms with E-state index in [2.05, 4.69) is 31.7 Å². The minimum absolute atomic E-state index is 0.314. The maximum atomic E-state index is 5.80. The Labute approximate surface area is 115 Å². The number of anilines is 3. The predicted octanol–water partition coefficient (Wildman–Crippen LogP) is 1.68. The molecule has 1 aliphatic heterocycles. The Hall–Kier alpha value is -1.59. The smallest absolute Gasteiger partial charge is 0.231 e. The van der Waals surface area contributed by atoms with Gasteiger partial charge in [-0.15, -0.1) is 0 Å². The third-order valence-corrected chi connectivity index (χ3v) is 3.46. The molecule has 1 aromatic rings. The fourth-order valence-electron chi connectivity index (χ4n) is 2.30. The van der Waals surface area contributed by atoms with Gasteiger partial charge in [0.15, 0.2) is 0 Å². The quantitative estimate of drug-likeness (QED) is 0.788. The molecule has 0 aromatic carbocycles. The van der Waals surface area contributed by atoms with E-state index < -0.39 is 0 Å². The summed E-state index contributed by atoms with van der Waals surface area (Å²) in [7, 11) is 2.01. The van der Waals surface area contributed by atoms with Gasteiger partial charge in [0.05, 0.1) is 0 Å². The Kier molecular flexibility index (Phi) is 4.76. The normalized spacial score (nSPS) is 14.9. The number of rotatable bonds is 6. The number of nitrogen functional groups attached to an aromatic ring is 1. The Balaban J connectivity index is 2.07. The van der Waals surface area contributed by atoms with Crippen LogP contribution in [0.5, 0.6) is 0 Å². The molecule has 2 rings (SSSR count). The molecule has 0 saturated carbocycles. The number of nitrogens with two attached hydrogens (primary N) is 1. The molecule has 0 aliphatic carbocycles. The van der Waals surface area contributed by atoms with Gasteiger partial charge in [-0.25, -0.2) is 0 Å². The summed E-state index contributed by atoms with van der Waals surface area (Å²) < 4.78 is 0. The van der Waals surface area contributed by atoms with Crippen LogP contribution < -0.4 is 15.5 Å². The average molecular weight is 264 g/mol. The van der Waals surface area contributed by atoms with Crippen molar-refractivity contribution < 1.29 is 0 Å². The van der Waals surface area contributed by atoms with Crippen LogP contribution in [0.25, 0.3) is 0 Å². The summed E-state index contributed by atoms with van der Waals surface area (Å²) >= 11 is 0. The first-order valence-electron chi connectivity index (χ1n) is 7.18. The van der Waals surface area contributed by atoms with E-state index in [0.29, 0.717) is 11.9 Å². The van der Waals surface area contributed by atoms with Crippen molar-refractivity contribution in [2.24, 2.45) is 0 Å². The molecule has 6 nitrogen and oxygen atoms in total. The second-order valence-corrected chi connectivity index (χ2v) is 5.12. The third-order valence-electron chi connectivity index (χ3n) is 3.46. The molecule has 2 heterocycles. The predicted molar refractivity (Wildman–Crippen MR) is 78.5 cm³/mol. The highest BCUT2D eigenvalue weighted by Gasteiger charge is 2.17. The van der Waals surface area contributed by atoms with E-state index in [1.54, 1.807) is 0 Å². The largest absolute Gasteiger partial charge is 0.368 e. The van der Waals surface area contributed by atoms with E-state index in [4.69, 9.17) is 5.73 Å². The van der Waals surface area contributed by atoms with Crippen LogP contribution in [0.3, 0.4) is 0 Å². The molecule has 1 fully saturated rings. The van der Waals surface area contributed by atoms with Crippen molar-refractivity contribution >= 4 is 17.8 Å². The molecule has 0 amide bonds. The SMILES string of the molecule is CCCCCN(C)c1nc(N)nc(N2CCCC2)n1. The van der Waals surface area contributed by atoms with E-state index in [0.717, 1.165) is 32.0 Å². The maximum absolute atomic E-state index is 5.80. The first-order chi connectivity index (χ1) is 9.20. The lowest BCUT2D eigenvalue weighted by Gasteiger charge is -2.20. The van der Waals surface area contributed by atoms with E-state index in [-0.39, 0.29) is 0 Å². The lowest BCUT2D eigenvalue weighted by molar-refractivity contribution is 0.694. The molecule has 0 atom stereocenters. The van der Waals surface area contributed by atoms with Gasteiger partial charge in [0.25, 0.3) is 0 Å². The fourth-order valence-corrected chi connectivity index (χ4v) is 2.30. The first kappa shape index (κ1) is 13.8. The summed E-state index contributed by atoms with van der Waals surface area (Å²) in [4.78, 5) is 17.3. The minimum Gasteiger partial charge on any atom is -0.368 e. The third kappa shape index (κ3) is 3.68. The number of nitrogens with zero attached hydrogens (tertiary/aromatic N) is 5. The summed E-state index contributed by atoms with van der Waals surface area (Å²) in [5.74, 6) is 1.72. The molecule has 0 spiro atoms. The molecule has 2 N–H and O–H groups in total. The molecule has 1 saturated heterocycles. The topological polar surface area (TPSA) is 71.2 Å². The fraction of sp³-hybridized carbons (Fsp3) is 0.769. The van der Waals surface area contributed by atoms with Gasteiger partial charge < -0.3 is 15.5 Å². The van der Waals surface area contributed by atoms with Crippen LogP contribution in [0.4, 0.5) is 17.8 Å². The lowest BCUT2D eigenvalue weighted by atomic mass is 10.2. The van der Waals surface area contributed by atoms with E-state index in [1.165, 1.54) is 25.7 Å². The second-order valence-electron chi connectivity index (χ2n) is 5.12. The standard InChI is InChI=1S/C13H24N6/c1-3-4-5-8-18(2)12-15-11(14)16-13(17-12)19-9-6-7-10-19/h3-10H2,1-2H3,(H2,14,15,16,17). The van der Waals surface area contributed by atoms with Crippen molar-refractivity contribution in [1.29, 1.82) is 0 Å². The van der Waals surface area contributed by atoms with Crippen LogP contribution in [0, 0.1) is 0 Å². The van der Waals surface area contributed by atoms with Crippen molar-refractivity contribution in [3.63, 3.8) is 0 Å². The Morgan fingerprint density at radius 1 is 1.16 bits per heavy atom. The average Bonchev–Trinajstić information content (AvgIpc) is 2.92. The van der Waals surface area contributed by atoms with E-state index >= 15 is 0 Å². The Morgan fingerprint density at radius 3 is 2.58 bits per heavy atom. The van der Waals surface area contributed by atoms with Crippen LogP contribution in [-0.2, 0) is 0 Å². The van der Waals surface area contributed by atoms with Crippen LogP contribution in [0.1, 0.15) is 39.0 Å². The molecule has 1 aliphatic rings. The molecule has 0 unspecified atom stereocenters. The Morgan fingerprint density at radius 2 is 1.89 bits per heavy atom. The van der Waals surface area contributed by atoms with Gasteiger partial charge in [-0.2, -0.15) is 15.0 Å². The summed E-state index contributed by atoms with van der Waals surface area (Å²) in [5, 5.41) is 0. The minimum atomic E-state index is 0.314. The highest BCUT2D eigenvalue weighted by atomic mass is 15.3. The molecule has 1 aromatic heterocycles. The summed E-state index contributed by atoms with van der Waals surface area (Å²) in [5.41, 5.74) is 5.80. The number of hydrogen-bond acceptors (Lipinski definition) is 6. The van der Waals surface area contributed by atoms with Crippen LogP contribution >= 0.6 is 0 Å². The van der Waals surface area contributed by atoms with Gasteiger partial charge in [-0.05, 0) is 19.3 Å². The highest BCUT2D eigenvalue weighted by Crippen LogP contribution is 2.19. The van der Waals surface area contributed by atoms with Gasteiger partial charge in [-0.3, -0.25) is 0 Å². The van der Waals surface area contributed by atoms with Gasteiger partial charge >= 0.3 is 0 Å². The van der Waals surface area contributed by atoms with Crippen LogP contribution in [0.2, 0.25) is 0 Å². The van der Waals surface area contributed by atoms with E-state index in [1.807, 2.05) is 7.05 Å². The van der Waals surface area contributed by atoms with Crippen molar-refractivity contribution in [1.82, 2.24) is 15.0 Å². The van der Waals surface area contributed by atoms with Crippen LogP contribution in [0.15, 0.2) is 0 Å².